The number of rotatable bonds is 4. The number of hydrogen-bond donors (Lipinski definition) is 0. The molecular formula is C23H18F2O4. The third kappa shape index (κ3) is 4.48. The van der Waals surface area contributed by atoms with Crippen LogP contribution in [0.25, 0.3) is 0 Å². The van der Waals surface area contributed by atoms with Crippen LogP contribution in [0.4, 0.5) is 8.78 Å². The first-order chi connectivity index (χ1) is 13.8. The van der Waals surface area contributed by atoms with Crippen molar-refractivity contribution in [2.45, 2.75) is 20.8 Å². The molecule has 0 heterocycles. The number of carbonyl (C=O) groups excluding carboxylic acids is 2. The fourth-order valence-corrected chi connectivity index (χ4v) is 3.14. The van der Waals surface area contributed by atoms with E-state index in [1.807, 2.05) is 0 Å². The van der Waals surface area contributed by atoms with E-state index in [1.54, 1.807) is 26.8 Å². The second-order valence-corrected chi connectivity index (χ2v) is 6.57. The van der Waals surface area contributed by atoms with Gasteiger partial charge >= 0.3 is 11.9 Å². The molecule has 0 aromatic heterocycles. The van der Waals surface area contributed by atoms with Gasteiger partial charge in [0.25, 0.3) is 0 Å². The standard InChI is InChI=1S/C23H18F2O4/c1-13-12-14(2)21(23(27)29-19-10-6-17(25)7-11-19)15(3)20(13)22(26)28-18-8-4-16(24)5-9-18/h4-12H,1-3H3. The van der Waals surface area contributed by atoms with Crippen LogP contribution in [0.1, 0.15) is 37.4 Å². The monoisotopic (exact) mass is 396 g/mol. The van der Waals surface area contributed by atoms with Gasteiger partial charge in [-0.05, 0) is 86.0 Å². The quantitative estimate of drug-likeness (QED) is 0.442. The van der Waals surface area contributed by atoms with Gasteiger partial charge in [0.05, 0.1) is 11.1 Å². The van der Waals surface area contributed by atoms with Gasteiger partial charge in [-0.2, -0.15) is 0 Å². The normalized spacial score (nSPS) is 10.5. The lowest BCUT2D eigenvalue weighted by Crippen LogP contribution is -2.18. The maximum atomic E-state index is 13.0. The minimum atomic E-state index is -0.664. The Labute approximate surface area is 166 Å². The Kier molecular flexibility index (Phi) is 5.73. The average molecular weight is 396 g/mol. The number of carbonyl (C=O) groups is 2. The zero-order valence-corrected chi connectivity index (χ0v) is 16.1. The van der Waals surface area contributed by atoms with Crippen LogP contribution in [0.15, 0.2) is 54.6 Å². The van der Waals surface area contributed by atoms with Crippen LogP contribution in [-0.2, 0) is 0 Å². The first-order valence-electron chi connectivity index (χ1n) is 8.82. The molecule has 6 heteroatoms. The maximum Gasteiger partial charge on any atom is 0.344 e. The van der Waals surface area contributed by atoms with E-state index in [4.69, 9.17) is 9.47 Å². The summed E-state index contributed by atoms with van der Waals surface area (Å²) in [6, 6.07) is 11.8. The van der Waals surface area contributed by atoms with Crippen LogP contribution < -0.4 is 9.47 Å². The fourth-order valence-electron chi connectivity index (χ4n) is 3.14. The smallest absolute Gasteiger partial charge is 0.344 e. The van der Waals surface area contributed by atoms with Crippen molar-refractivity contribution in [3.8, 4) is 11.5 Å². The van der Waals surface area contributed by atoms with E-state index in [2.05, 4.69) is 0 Å². The average Bonchev–Trinajstić information content (AvgIpc) is 2.65. The highest BCUT2D eigenvalue weighted by atomic mass is 19.1. The Hall–Kier alpha value is -3.54. The van der Waals surface area contributed by atoms with Crippen molar-refractivity contribution in [3.63, 3.8) is 0 Å². The van der Waals surface area contributed by atoms with Crippen LogP contribution in [0, 0.1) is 32.4 Å². The summed E-state index contributed by atoms with van der Waals surface area (Å²) in [6.07, 6.45) is 0. The number of hydrogen-bond acceptors (Lipinski definition) is 4. The van der Waals surface area contributed by atoms with Crippen LogP contribution >= 0.6 is 0 Å². The molecule has 0 saturated heterocycles. The van der Waals surface area contributed by atoms with E-state index >= 15 is 0 Å². The van der Waals surface area contributed by atoms with Gasteiger partial charge in [-0.15, -0.1) is 0 Å². The van der Waals surface area contributed by atoms with Crippen molar-refractivity contribution in [1.29, 1.82) is 0 Å². The summed E-state index contributed by atoms with van der Waals surface area (Å²) in [5, 5.41) is 0. The van der Waals surface area contributed by atoms with E-state index in [9.17, 15) is 18.4 Å². The molecule has 0 unspecified atom stereocenters. The molecule has 0 aliphatic carbocycles. The van der Waals surface area contributed by atoms with Crippen molar-refractivity contribution in [3.05, 3.63) is 94.0 Å². The summed E-state index contributed by atoms with van der Waals surface area (Å²) in [4.78, 5) is 25.4. The molecule has 148 valence electrons. The first kappa shape index (κ1) is 20.2. The molecule has 0 saturated carbocycles. The molecular weight excluding hydrogens is 378 g/mol. The Morgan fingerprint density at radius 3 is 1.34 bits per heavy atom. The molecule has 3 aromatic carbocycles. The maximum absolute atomic E-state index is 13.0. The summed E-state index contributed by atoms with van der Waals surface area (Å²) >= 11 is 0. The van der Waals surface area contributed by atoms with Gasteiger partial charge in [0, 0.05) is 0 Å². The molecule has 0 N–H and O–H groups in total. The van der Waals surface area contributed by atoms with Gasteiger partial charge in [0.15, 0.2) is 0 Å². The molecule has 3 aromatic rings. The van der Waals surface area contributed by atoms with Gasteiger partial charge in [-0.25, -0.2) is 18.4 Å². The second-order valence-electron chi connectivity index (χ2n) is 6.57. The lowest BCUT2D eigenvalue weighted by atomic mass is 9.93. The predicted molar refractivity (Wildman–Crippen MR) is 103 cm³/mol. The molecule has 29 heavy (non-hydrogen) atoms. The highest BCUT2D eigenvalue weighted by molar-refractivity contribution is 6.01. The second kappa shape index (κ2) is 8.22. The van der Waals surface area contributed by atoms with Crippen molar-refractivity contribution in [2.24, 2.45) is 0 Å². The molecule has 0 amide bonds. The summed E-state index contributed by atoms with van der Waals surface area (Å²) < 4.78 is 36.7. The zero-order chi connectivity index (χ0) is 21.1. The van der Waals surface area contributed by atoms with Gasteiger partial charge < -0.3 is 9.47 Å². The summed E-state index contributed by atoms with van der Waals surface area (Å²) in [7, 11) is 0. The van der Waals surface area contributed by atoms with Crippen molar-refractivity contribution in [2.75, 3.05) is 0 Å². The van der Waals surface area contributed by atoms with E-state index in [-0.39, 0.29) is 22.6 Å². The number of aryl methyl sites for hydroxylation is 2. The molecule has 0 aliphatic rings. The summed E-state index contributed by atoms with van der Waals surface area (Å²) in [5.41, 5.74) is 2.12. The number of ether oxygens (including phenoxy) is 2. The van der Waals surface area contributed by atoms with E-state index in [0.29, 0.717) is 16.7 Å². The van der Waals surface area contributed by atoms with Crippen molar-refractivity contribution >= 4 is 11.9 Å². The van der Waals surface area contributed by atoms with Crippen molar-refractivity contribution in [1.82, 2.24) is 0 Å². The van der Waals surface area contributed by atoms with Crippen LogP contribution in [0.2, 0.25) is 0 Å². The number of halogens is 2. The van der Waals surface area contributed by atoms with Gasteiger partial charge in [0.2, 0.25) is 0 Å². The highest BCUT2D eigenvalue weighted by Crippen LogP contribution is 2.26. The van der Waals surface area contributed by atoms with E-state index in [1.165, 1.54) is 48.5 Å². The van der Waals surface area contributed by atoms with Crippen LogP contribution in [0.5, 0.6) is 11.5 Å². The Bertz CT molecular complexity index is 988. The molecule has 0 bridgehead atoms. The third-order valence-corrected chi connectivity index (χ3v) is 4.43. The summed E-state index contributed by atoms with van der Waals surface area (Å²) in [6.45, 7) is 5.09. The van der Waals surface area contributed by atoms with Gasteiger partial charge in [-0.3, -0.25) is 0 Å². The van der Waals surface area contributed by atoms with E-state index < -0.39 is 23.6 Å². The molecule has 0 aliphatic heterocycles. The largest absolute Gasteiger partial charge is 0.423 e. The molecule has 3 rings (SSSR count). The first-order valence-corrected chi connectivity index (χ1v) is 8.82. The van der Waals surface area contributed by atoms with Gasteiger partial charge in [0.1, 0.15) is 23.1 Å². The molecule has 0 spiro atoms. The minimum absolute atomic E-state index is 0.186. The van der Waals surface area contributed by atoms with Crippen LogP contribution in [0.3, 0.4) is 0 Å². The van der Waals surface area contributed by atoms with Gasteiger partial charge in [-0.1, -0.05) is 6.07 Å². The SMILES string of the molecule is Cc1cc(C)c(C(=O)Oc2ccc(F)cc2)c(C)c1C(=O)Oc1ccc(F)cc1. The molecule has 4 nitrogen and oxygen atoms in total. The Balaban J connectivity index is 1.92. The Morgan fingerprint density at radius 2 is 1.00 bits per heavy atom. The molecule has 0 fully saturated rings. The van der Waals surface area contributed by atoms with E-state index in [0.717, 1.165) is 0 Å². The molecule has 0 atom stereocenters. The lowest BCUT2D eigenvalue weighted by molar-refractivity contribution is 0.0732. The van der Waals surface area contributed by atoms with Crippen LogP contribution in [-0.4, -0.2) is 11.9 Å². The van der Waals surface area contributed by atoms with Crippen molar-refractivity contribution < 1.29 is 27.8 Å². The minimum Gasteiger partial charge on any atom is -0.423 e. The zero-order valence-electron chi connectivity index (χ0n) is 16.1. The topological polar surface area (TPSA) is 52.6 Å². The predicted octanol–water partition coefficient (Wildman–Crippen LogP) is 5.33. The Morgan fingerprint density at radius 1 is 0.655 bits per heavy atom. The highest BCUT2D eigenvalue weighted by Gasteiger charge is 2.24. The fraction of sp³-hybridized carbons (Fsp3) is 0.130. The number of benzene rings is 3. The summed E-state index contributed by atoms with van der Waals surface area (Å²) in [5.74, 6) is -1.85. The number of esters is 2. The third-order valence-electron chi connectivity index (χ3n) is 4.43. The lowest BCUT2D eigenvalue weighted by Gasteiger charge is -2.16. The molecule has 0 radical (unpaired) electrons.